The number of nitrogens with zero attached hydrogens (tertiary/aromatic N) is 2. The number of aliphatic carboxylic acids is 1. The minimum Gasteiger partial charge on any atom is -0.481 e. The average molecular weight is 429 g/mol. The zero-order valence-electron chi connectivity index (χ0n) is 18.5. The van der Waals surface area contributed by atoms with E-state index in [1.807, 2.05) is 20.8 Å². The normalized spacial score (nSPS) is 27.5. The predicted molar refractivity (Wildman–Crippen MR) is 115 cm³/mol. The van der Waals surface area contributed by atoms with Crippen LogP contribution in [0.3, 0.4) is 0 Å². The van der Waals surface area contributed by atoms with Gasteiger partial charge in [-0.1, -0.05) is 24.0 Å². The van der Waals surface area contributed by atoms with Crippen molar-refractivity contribution in [1.82, 2.24) is 15.1 Å². The SMILES string of the molecule is CCn1cc(NC(=O)[C@H]2[C@@H](C(=O)O)[C@@H]3CC[C@H]2C3=C(C)C)c(C(=O)NC2CCCC2)n1. The summed E-state index contributed by atoms with van der Waals surface area (Å²) in [6, 6.07) is 0.144. The molecule has 31 heavy (non-hydrogen) atoms. The Hall–Kier alpha value is -2.64. The van der Waals surface area contributed by atoms with Crippen LogP contribution in [0.25, 0.3) is 0 Å². The van der Waals surface area contributed by atoms with Gasteiger partial charge in [0.15, 0.2) is 5.69 Å². The molecule has 1 aromatic rings. The van der Waals surface area contributed by atoms with E-state index in [2.05, 4.69) is 15.7 Å². The van der Waals surface area contributed by atoms with E-state index in [1.54, 1.807) is 10.9 Å². The molecule has 1 aromatic heterocycles. The van der Waals surface area contributed by atoms with Crippen molar-refractivity contribution in [1.29, 1.82) is 0 Å². The number of aryl methyl sites for hydroxylation is 1. The molecule has 8 nitrogen and oxygen atoms in total. The van der Waals surface area contributed by atoms with Crippen molar-refractivity contribution >= 4 is 23.5 Å². The van der Waals surface area contributed by atoms with Gasteiger partial charge in [-0.25, -0.2) is 0 Å². The van der Waals surface area contributed by atoms with Crippen molar-refractivity contribution in [2.24, 2.45) is 23.7 Å². The Bertz CT molecular complexity index is 924. The van der Waals surface area contributed by atoms with E-state index in [1.165, 1.54) is 0 Å². The van der Waals surface area contributed by atoms with Crippen molar-refractivity contribution in [3.05, 3.63) is 23.0 Å². The van der Waals surface area contributed by atoms with Crippen molar-refractivity contribution < 1.29 is 19.5 Å². The highest BCUT2D eigenvalue weighted by molar-refractivity contribution is 6.04. The summed E-state index contributed by atoms with van der Waals surface area (Å²) in [5.74, 6) is -3.02. The number of carbonyl (C=O) groups excluding carboxylic acids is 2. The standard InChI is InChI=1S/C23H32N4O4/c1-4-27-11-16(20(26-27)22(29)24-13-7-5-6-8-13)25-21(28)18-14-9-10-15(17(14)12(2)3)19(18)23(30)31/h11,13-15,18-19H,4-10H2,1-3H3,(H,24,29)(H,25,28)(H,30,31)/t14-,15+,18+,19-/m0/s1. The Kier molecular flexibility index (Phi) is 5.90. The zero-order valence-corrected chi connectivity index (χ0v) is 18.5. The fourth-order valence-electron chi connectivity index (χ4n) is 5.99. The number of nitrogens with one attached hydrogen (secondary N) is 2. The topological polar surface area (TPSA) is 113 Å². The molecule has 3 aliphatic rings. The molecule has 3 fully saturated rings. The lowest BCUT2D eigenvalue weighted by molar-refractivity contribution is -0.148. The third-order valence-corrected chi connectivity index (χ3v) is 7.26. The molecular weight excluding hydrogens is 396 g/mol. The third kappa shape index (κ3) is 3.88. The van der Waals surface area contributed by atoms with Gasteiger partial charge in [-0.05, 0) is 58.3 Å². The van der Waals surface area contributed by atoms with Gasteiger partial charge in [0.25, 0.3) is 5.91 Å². The van der Waals surface area contributed by atoms with Gasteiger partial charge in [0, 0.05) is 18.8 Å². The summed E-state index contributed by atoms with van der Waals surface area (Å²) in [6.07, 6.45) is 7.42. The van der Waals surface area contributed by atoms with Crippen LogP contribution in [-0.2, 0) is 16.1 Å². The summed E-state index contributed by atoms with van der Waals surface area (Å²) in [6.45, 7) is 6.47. The Morgan fingerprint density at radius 2 is 1.74 bits per heavy atom. The summed E-state index contributed by atoms with van der Waals surface area (Å²) < 4.78 is 1.62. The van der Waals surface area contributed by atoms with Gasteiger partial charge in [0.2, 0.25) is 5.91 Å². The lowest BCUT2D eigenvalue weighted by atomic mass is 9.78. The molecule has 0 aromatic carbocycles. The maximum absolute atomic E-state index is 13.3. The summed E-state index contributed by atoms with van der Waals surface area (Å²) in [4.78, 5) is 38.3. The number of allylic oxidation sites excluding steroid dienone is 2. The van der Waals surface area contributed by atoms with Crippen LogP contribution < -0.4 is 10.6 Å². The summed E-state index contributed by atoms with van der Waals surface area (Å²) >= 11 is 0. The largest absolute Gasteiger partial charge is 0.481 e. The molecule has 2 bridgehead atoms. The Morgan fingerprint density at radius 3 is 2.32 bits per heavy atom. The summed E-state index contributed by atoms with van der Waals surface area (Å²) in [7, 11) is 0. The number of anilines is 1. The molecule has 4 rings (SSSR count). The van der Waals surface area contributed by atoms with E-state index in [9.17, 15) is 19.5 Å². The predicted octanol–water partition coefficient (Wildman–Crippen LogP) is 3.21. The van der Waals surface area contributed by atoms with Gasteiger partial charge in [0.1, 0.15) is 0 Å². The van der Waals surface area contributed by atoms with Crippen molar-refractivity contribution in [2.75, 3.05) is 5.32 Å². The minimum atomic E-state index is -0.922. The van der Waals surface area contributed by atoms with Gasteiger partial charge in [-0.3, -0.25) is 19.1 Å². The van der Waals surface area contributed by atoms with Crippen LogP contribution in [-0.4, -0.2) is 38.7 Å². The van der Waals surface area contributed by atoms with Gasteiger partial charge in [-0.2, -0.15) is 5.10 Å². The number of carboxylic acids is 1. The molecule has 168 valence electrons. The number of carboxylic acid groups (broad SMARTS) is 1. The average Bonchev–Trinajstić information content (AvgIpc) is 3.49. The van der Waals surface area contributed by atoms with Crippen LogP contribution in [0.4, 0.5) is 5.69 Å². The molecule has 0 radical (unpaired) electrons. The second-order valence-corrected chi connectivity index (χ2v) is 9.33. The van der Waals surface area contributed by atoms with E-state index in [0.29, 0.717) is 12.2 Å². The number of amides is 2. The Balaban J connectivity index is 1.58. The van der Waals surface area contributed by atoms with Crippen molar-refractivity contribution in [3.63, 3.8) is 0 Å². The van der Waals surface area contributed by atoms with Crippen molar-refractivity contribution in [3.8, 4) is 0 Å². The van der Waals surface area contributed by atoms with E-state index < -0.39 is 17.8 Å². The lowest BCUT2D eigenvalue weighted by Gasteiger charge is -2.26. The number of hydrogen-bond donors (Lipinski definition) is 3. The van der Waals surface area contributed by atoms with Gasteiger partial charge >= 0.3 is 5.97 Å². The second-order valence-electron chi connectivity index (χ2n) is 9.33. The minimum absolute atomic E-state index is 0.0481. The van der Waals surface area contributed by atoms with Crippen molar-refractivity contribution in [2.45, 2.75) is 71.9 Å². The number of fused-ring (bicyclic) bond motifs is 2. The first kappa shape index (κ1) is 21.6. The molecule has 8 heteroatoms. The highest BCUT2D eigenvalue weighted by Crippen LogP contribution is 2.57. The van der Waals surface area contributed by atoms with E-state index >= 15 is 0 Å². The maximum atomic E-state index is 13.3. The first-order valence-corrected chi connectivity index (χ1v) is 11.4. The first-order valence-electron chi connectivity index (χ1n) is 11.4. The highest BCUT2D eigenvalue weighted by Gasteiger charge is 2.57. The molecular formula is C23H32N4O4. The van der Waals surface area contributed by atoms with E-state index in [-0.39, 0.29) is 35.4 Å². The van der Waals surface area contributed by atoms with Crippen LogP contribution in [0.5, 0.6) is 0 Å². The van der Waals surface area contributed by atoms with Crippen LogP contribution in [0.2, 0.25) is 0 Å². The quantitative estimate of drug-likeness (QED) is 0.602. The number of hydrogen-bond acceptors (Lipinski definition) is 4. The lowest BCUT2D eigenvalue weighted by Crippen LogP contribution is -2.38. The van der Waals surface area contributed by atoms with Gasteiger partial charge < -0.3 is 15.7 Å². The van der Waals surface area contributed by atoms with Crippen LogP contribution in [0, 0.1) is 23.7 Å². The molecule has 3 saturated carbocycles. The fraction of sp³-hybridized carbons (Fsp3) is 0.652. The highest BCUT2D eigenvalue weighted by atomic mass is 16.4. The van der Waals surface area contributed by atoms with Crippen LogP contribution >= 0.6 is 0 Å². The maximum Gasteiger partial charge on any atom is 0.307 e. The number of rotatable bonds is 6. The van der Waals surface area contributed by atoms with Gasteiger partial charge in [-0.15, -0.1) is 0 Å². The molecule has 0 spiro atoms. The second kappa shape index (κ2) is 8.48. The fourth-order valence-corrected chi connectivity index (χ4v) is 5.99. The Morgan fingerprint density at radius 1 is 1.10 bits per heavy atom. The molecule has 4 atom stereocenters. The molecule has 0 aliphatic heterocycles. The molecule has 3 aliphatic carbocycles. The van der Waals surface area contributed by atoms with E-state index in [4.69, 9.17) is 0 Å². The van der Waals surface area contributed by atoms with E-state index in [0.717, 1.165) is 49.7 Å². The molecule has 0 unspecified atom stereocenters. The number of aromatic nitrogens is 2. The zero-order chi connectivity index (χ0) is 22.3. The molecule has 2 amide bonds. The smallest absolute Gasteiger partial charge is 0.307 e. The Labute approximate surface area is 182 Å². The molecule has 0 saturated heterocycles. The summed E-state index contributed by atoms with van der Waals surface area (Å²) in [5.41, 5.74) is 2.80. The molecule has 3 N–H and O–H groups in total. The van der Waals surface area contributed by atoms with Crippen LogP contribution in [0.1, 0.15) is 69.8 Å². The monoisotopic (exact) mass is 428 g/mol. The number of carbonyl (C=O) groups is 3. The van der Waals surface area contributed by atoms with Gasteiger partial charge in [0.05, 0.1) is 17.5 Å². The summed E-state index contributed by atoms with van der Waals surface area (Å²) in [5, 5.41) is 20.1. The van der Waals surface area contributed by atoms with Crippen LogP contribution in [0.15, 0.2) is 17.3 Å². The third-order valence-electron chi connectivity index (χ3n) is 7.26. The first-order chi connectivity index (χ1) is 14.8. The molecule has 1 heterocycles.